The van der Waals surface area contributed by atoms with Crippen LogP contribution in [0.1, 0.15) is 24.7 Å². The average molecular weight is 422 g/mol. The van der Waals surface area contributed by atoms with Crippen molar-refractivity contribution in [2.24, 2.45) is 0 Å². The number of piperazine rings is 1. The van der Waals surface area contributed by atoms with Crippen LogP contribution in [0, 0.1) is 0 Å². The van der Waals surface area contributed by atoms with Crippen LogP contribution in [0.15, 0.2) is 58.0 Å². The second kappa shape index (κ2) is 8.47. The molecule has 154 valence electrons. The smallest absolute Gasteiger partial charge is 0.251 e. The number of carbonyl (C=O) groups is 1. The first-order valence-corrected chi connectivity index (χ1v) is 11.3. The Labute approximate surface area is 179 Å². The minimum Gasteiger partial charge on any atom is -0.420 e. The van der Waals surface area contributed by atoms with Gasteiger partial charge in [-0.2, -0.15) is 0 Å². The van der Waals surface area contributed by atoms with Crippen molar-refractivity contribution < 1.29 is 9.21 Å². The van der Waals surface area contributed by atoms with E-state index in [1.54, 1.807) is 18.0 Å². The molecule has 2 aromatic heterocycles. The van der Waals surface area contributed by atoms with Gasteiger partial charge in [-0.15, -0.1) is 22.0 Å². The van der Waals surface area contributed by atoms with Gasteiger partial charge in [-0.05, 0) is 37.1 Å². The average Bonchev–Trinajstić information content (AvgIpc) is 3.55. The Bertz CT molecular complexity index is 1010. The monoisotopic (exact) mass is 421 g/mol. The maximum Gasteiger partial charge on any atom is 0.251 e. The third kappa shape index (κ3) is 4.18. The van der Waals surface area contributed by atoms with Crippen LogP contribution in [-0.4, -0.2) is 57.9 Å². The van der Waals surface area contributed by atoms with Crippen LogP contribution >= 0.6 is 11.8 Å². The highest BCUT2D eigenvalue weighted by Crippen LogP contribution is 2.40. The summed E-state index contributed by atoms with van der Waals surface area (Å²) in [5, 5.41) is 8.45. The summed E-state index contributed by atoms with van der Waals surface area (Å²) in [6.45, 7) is 2.83. The number of hydrogen-bond acceptors (Lipinski definition) is 7. The molecule has 1 saturated carbocycles. The Morgan fingerprint density at radius 1 is 1.03 bits per heavy atom. The van der Waals surface area contributed by atoms with Crippen molar-refractivity contribution in [3.63, 3.8) is 0 Å². The lowest BCUT2D eigenvalue weighted by Gasteiger charge is -2.36. The van der Waals surface area contributed by atoms with Gasteiger partial charge in [0, 0.05) is 43.2 Å². The number of hydrogen-bond donors (Lipinski definition) is 0. The molecule has 0 N–H and O–H groups in total. The van der Waals surface area contributed by atoms with E-state index in [0.717, 1.165) is 48.1 Å². The topological polar surface area (TPSA) is 75.4 Å². The van der Waals surface area contributed by atoms with Crippen molar-refractivity contribution in [3.8, 4) is 11.5 Å². The first kappa shape index (κ1) is 19.1. The van der Waals surface area contributed by atoms with Crippen molar-refractivity contribution in [1.82, 2.24) is 20.1 Å². The zero-order valence-corrected chi connectivity index (χ0v) is 17.4. The van der Waals surface area contributed by atoms with Crippen molar-refractivity contribution in [3.05, 3.63) is 54.6 Å². The Hall–Kier alpha value is -2.87. The van der Waals surface area contributed by atoms with E-state index in [0.29, 0.717) is 30.7 Å². The number of aromatic nitrogens is 3. The molecule has 5 rings (SSSR count). The van der Waals surface area contributed by atoms with Gasteiger partial charge in [0.1, 0.15) is 5.82 Å². The van der Waals surface area contributed by atoms with Gasteiger partial charge in [0.25, 0.3) is 5.89 Å². The van der Waals surface area contributed by atoms with Crippen LogP contribution in [0.5, 0.6) is 0 Å². The third-order valence-corrected chi connectivity index (χ3v) is 6.42. The number of thioether (sulfide) groups is 1. The maximum atomic E-state index is 12.6. The third-order valence-electron chi connectivity index (χ3n) is 5.42. The second-order valence-corrected chi connectivity index (χ2v) is 8.61. The highest BCUT2D eigenvalue weighted by Gasteiger charge is 2.30. The van der Waals surface area contributed by atoms with Crippen LogP contribution in [0.25, 0.3) is 11.5 Å². The van der Waals surface area contributed by atoms with Gasteiger partial charge in [0.2, 0.25) is 11.8 Å². The summed E-state index contributed by atoms with van der Waals surface area (Å²) in [6.07, 6.45) is 4.03. The summed E-state index contributed by atoms with van der Waals surface area (Å²) < 4.78 is 5.90. The summed E-state index contributed by atoms with van der Waals surface area (Å²) >= 11 is 1.58. The van der Waals surface area contributed by atoms with E-state index in [1.807, 2.05) is 47.4 Å². The molecule has 3 heterocycles. The molecule has 0 bridgehead atoms. The Kier molecular flexibility index (Phi) is 5.40. The van der Waals surface area contributed by atoms with Gasteiger partial charge < -0.3 is 14.2 Å². The summed E-state index contributed by atoms with van der Waals surface area (Å²) in [6, 6.07) is 13.9. The lowest BCUT2D eigenvalue weighted by molar-refractivity contribution is -0.128. The molecule has 1 aliphatic carbocycles. The Morgan fingerprint density at radius 2 is 1.83 bits per heavy atom. The first-order chi connectivity index (χ1) is 14.8. The van der Waals surface area contributed by atoms with Crippen LogP contribution in [0.2, 0.25) is 0 Å². The molecule has 2 aliphatic rings. The molecule has 0 radical (unpaired) electrons. The van der Waals surface area contributed by atoms with E-state index >= 15 is 0 Å². The molecular weight excluding hydrogens is 398 g/mol. The van der Waals surface area contributed by atoms with Gasteiger partial charge in [0.05, 0.1) is 11.3 Å². The molecule has 2 fully saturated rings. The normalized spacial score (nSPS) is 16.7. The van der Waals surface area contributed by atoms with E-state index < -0.39 is 0 Å². The van der Waals surface area contributed by atoms with Gasteiger partial charge >= 0.3 is 0 Å². The Morgan fingerprint density at radius 3 is 2.60 bits per heavy atom. The second-order valence-electron chi connectivity index (χ2n) is 7.56. The van der Waals surface area contributed by atoms with Crippen LogP contribution in [0.3, 0.4) is 0 Å². The fourth-order valence-electron chi connectivity index (χ4n) is 3.58. The zero-order valence-electron chi connectivity index (χ0n) is 16.6. The molecule has 30 heavy (non-hydrogen) atoms. The fourth-order valence-corrected chi connectivity index (χ4v) is 4.40. The van der Waals surface area contributed by atoms with E-state index in [-0.39, 0.29) is 5.91 Å². The molecule has 0 atom stereocenters. The molecule has 1 saturated heterocycles. The van der Waals surface area contributed by atoms with Crippen LogP contribution in [-0.2, 0) is 4.79 Å². The molecule has 1 aliphatic heterocycles. The lowest BCUT2D eigenvalue weighted by Crippen LogP contribution is -2.49. The number of pyridine rings is 1. The summed E-state index contributed by atoms with van der Waals surface area (Å²) in [5.74, 6) is 3.16. The quantitative estimate of drug-likeness (QED) is 0.564. The van der Waals surface area contributed by atoms with Crippen LogP contribution in [0.4, 0.5) is 5.82 Å². The van der Waals surface area contributed by atoms with Crippen LogP contribution < -0.4 is 4.90 Å². The van der Waals surface area contributed by atoms with Gasteiger partial charge in [-0.25, -0.2) is 4.98 Å². The predicted octanol–water partition coefficient (Wildman–Crippen LogP) is 3.45. The molecule has 3 aromatic rings. The molecule has 1 amide bonds. The number of amides is 1. The van der Waals surface area contributed by atoms with Crippen molar-refractivity contribution in [2.75, 3.05) is 36.8 Å². The van der Waals surface area contributed by atoms with E-state index in [2.05, 4.69) is 20.1 Å². The summed E-state index contributed by atoms with van der Waals surface area (Å²) in [4.78, 5) is 22.5. The molecule has 8 heteroatoms. The minimum atomic E-state index is 0.177. The van der Waals surface area contributed by atoms with Gasteiger partial charge in [0.15, 0.2) is 0 Å². The molecule has 7 nitrogen and oxygen atoms in total. The van der Waals surface area contributed by atoms with E-state index in [1.165, 1.54) is 0 Å². The first-order valence-electron chi connectivity index (χ1n) is 10.3. The number of nitrogens with zero attached hydrogens (tertiary/aromatic N) is 5. The van der Waals surface area contributed by atoms with Crippen molar-refractivity contribution in [1.29, 1.82) is 0 Å². The molecule has 1 aromatic carbocycles. The molecule has 0 spiro atoms. The zero-order chi connectivity index (χ0) is 20.3. The van der Waals surface area contributed by atoms with Gasteiger partial charge in [-0.3, -0.25) is 4.79 Å². The number of carbonyl (C=O) groups excluding carboxylic acids is 1. The maximum absolute atomic E-state index is 12.6. The number of rotatable bonds is 6. The summed E-state index contributed by atoms with van der Waals surface area (Å²) in [7, 11) is 0. The standard InChI is InChI=1S/C22H23N5O2S/c28-19(15-30-17-5-2-1-3-6-17)26-11-13-27(14-12-26)20-18(7-4-10-23-20)22-25-24-21(29-22)16-8-9-16/h1-7,10,16H,8-9,11-15H2. The highest BCUT2D eigenvalue weighted by molar-refractivity contribution is 8.00. The number of benzene rings is 1. The minimum absolute atomic E-state index is 0.177. The summed E-state index contributed by atoms with van der Waals surface area (Å²) in [5.41, 5.74) is 0.858. The molecular formula is C22H23N5O2S. The number of anilines is 1. The SMILES string of the molecule is O=C(CSc1ccccc1)N1CCN(c2ncccc2-c2nnc(C3CC3)o2)CC1. The lowest BCUT2D eigenvalue weighted by atomic mass is 10.2. The molecule has 0 unspecified atom stereocenters. The van der Waals surface area contributed by atoms with E-state index in [9.17, 15) is 4.79 Å². The van der Waals surface area contributed by atoms with Crippen molar-refractivity contribution >= 4 is 23.5 Å². The highest BCUT2D eigenvalue weighted by atomic mass is 32.2. The predicted molar refractivity (Wildman–Crippen MR) is 115 cm³/mol. The largest absolute Gasteiger partial charge is 0.420 e. The van der Waals surface area contributed by atoms with Crippen molar-refractivity contribution in [2.45, 2.75) is 23.7 Å². The van der Waals surface area contributed by atoms with E-state index in [4.69, 9.17) is 4.42 Å². The van der Waals surface area contributed by atoms with Gasteiger partial charge in [-0.1, -0.05) is 18.2 Å². The fraction of sp³-hybridized carbons (Fsp3) is 0.364. The Balaban J connectivity index is 1.22.